The van der Waals surface area contributed by atoms with Gasteiger partial charge < -0.3 is 40.5 Å². The van der Waals surface area contributed by atoms with Crippen molar-refractivity contribution in [3.8, 4) is 11.5 Å². The molecule has 0 aromatic heterocycles. The Labute approximate surface area is 183 Å². The molecule has 0 radical (unpaired) electrons. The van der Waals surface area contributed by atoms with Crippen molar-refractivity contribution in [1.82, 2.24) is 0 Å². The Kier molecular flexibility index (Phi) is 8.54. The standard InChI is InChI=1S/C21H19O2.C5H5.Fe/c1-2-20(15-7-11-18(22)12-8-15)21(16-5-3-4-6-16)17-9-13-19(23)14-10-17;1-2-4-5-3-1;/h3-14,22-23H,2H2,1H3;1-5H;/q-1;-5;. The Hall–Kier alpha value is -3.00. The molecule has 0 aliphatic rings. The van der Waals surface area contributed by atoms with Crippen molar-refractivity contribution in [2.75, 3.05) is 0 Å². The Morgan fingerprint density at radius 3 is 1.55 bits per heavy atom. The van der Waals surface area contributed by atoms with Crippen molar-refractivity contribution in [1.29, 1.82) is 0 Å². The minimum Gasteiger partial charge on any atom is -0.748 e. The van der Waals surface area contributed by atoms with E-state index in [0.29, 0.717) is 0 Å². The molecular formula is C26H24FeO2-6. The quantitative estimate of drug-likeness (QED) is 0.220. The molecule has 0 saturated carbocycles. The van der Waals surface area contributed by atoms with Crippen LogP contribution in [0.25, 0.3) is 11.1 Å². The summed E-state index contributed by atoms with van der Waals surface area (Å²) in [6, 6.07) is 32.9. The minimum atomic E-state index is 0. The number of benzene rings is 2. The van der Waals surface area contributed by atoms with E-state index in [1.54, 1.807) is 24.3 Å². The zero-order valence-electron chi connectivity index (χ0n) is 16.3. The van der Waals surface area contributed by atoms with Crippen molar-refractivity contribution in [3.63, 3.8) is 0 Å². The van der Waals surface area contributed by atoms with Crippen molar-refractivity contribution in [2.45, 2.75) is 13.3 Å². The summed E-state index contributed by atoms with van der Waals surface area (Å²) in [6.07, 6.45) is 0.867. The van der Waals surface area contributed by atoms with Gasteiger partial charge in [0.05, 0.1) is 0 Å². The number of hydrogen-bond donors (Lipinski definition) is 2. The number of aromatic hydroxyl groups is 2. The normalized spacial score (nSPS) is 10.9. The molecule has 0 aliphatic heterocycles. The van der Waals surface area contributed by atoms with Crippen LogP contribution in [0.15, 0.2) is 103 Å². The molecule has 154 valence electrons. The van der Waals surface area contributed by atoms with Gasteiger partial charge >= 0.3 is 0 Å². The van der Waals surface area contributed by atoms with Gasteiger partial charge in [-0.15, -0.1) is 17.7 Å². The molecule has 0 unspecified atom stereocenters. The number of allylic oxidation sites excluding steroid dienone is 1. The third kappa shape index (κ3) is 5.99. The summed E-state index contributed by atoms with van der Waals surface area (Å²) in [5.41, 5.74) is 5.68. The molecule has 0 spiro atoms. The van der Waals surface area contributed by atoms with E-state index >= 15 is 0 Å². The van der Waals surface area contributed by atoms with Crippen LogP contribution in [0.5, 0.6) is 11.5 Å². The van der Waals surface area contributed by atoms with Gasteiger partial charge in [0.15, 0.2) is 0 Å². The monoisotopic (exact) mass is 424 g/mol. The van der Waals surface area contributed by atoms with Crippen molar-refractivity contribution in [3.05, 3.63) is 120 Å². The van der Waals surface area contributed by atoms with E-state index in [9.17, 15) is 10.2 Å². The maximum atomic E-state index is 9.57. The van der Waals surface area contributed by atoms with E-state index in [0.717, 1.165) is 28.7 Å². The third-order valence-corrected chi connectivity index (χ3v) is 4.53. The second-order valence-electron chi connectivity index (χ2n) is 6.44. The molecule has 0 fully saturated rings. The Bertz CT molecular complexity index is 961. The van der Waals surface area contributed by atoms with Gasteiger partial charge in [0.25, 0.3) is 0 Å². The molecule has 4 aromatic carbocycles. The first-order valence-electron chi connectivity index (χ1n) is 9.39. The summed E-state index contributed by atoms with van der Waals surface area (Å²) in [5, 5.41) is 19.1. The molecule has 29 heavy (non-hydrogen) atoms. The van der Waals surface area contributed by atoms with Gasteiger partial charge in [-0.2, -0.15) is 12.1 Å². The van der Waals surface area contributed by atoms with E-state index in [2.05, 4.69) is 19.1 Å². The topological polar surface area (TPSA) is 40.5 Å². The van der Waals surface area contributed by atoms with Crippen LogP contribution in [-0.2, 0) is 17.1 Å². The molecule has 4 rings (SSSR count). The van der Waals surface area contributed by atoms with Gasteiger partial charge in [0.2, 0.25) is 0 Å². The van der Waals surface area contributed by atoms with Crippen LogP contribution in [0.4, 0.5) is 0 Å². The van der Waals surface area contributed by atoms with Crippen LogP contribution in [0.2, 0.25) is 0 Å². The largest absolute Gasteiger partial charge is 0.748 e. The number of phenolic OH excluding ortho intramolecular Hbond substituents is 2. The second kappa shape index (κ2) is 11.1. The molecule has 0 heterocycles. The summed E-state index contributed by atoms with van der Waals surface area (Å²) >= 11 is 0. The summed E-state index contributed by atoms with van der Waals surface area (Å²) in [5.74, 6) is 0.530. The molecule has 4 aromatic rings. The van der Waals surface area contributed by atoms with Crippen LogP contribution in [0.1, 0.15) is 30.0 Å². The average molecular weight is 424 g/mol. The van der Waals surface area contributed by atoms with E-state index in [1.807, 2.05) is 66.7 Å². The summed E-state index contributed by atoms with van der Waals surface area (Å²) in [7, 11) is 0. The fourth-order valence-corrected chi connectivity index (χ4v) is 3.19. The van der Waals surface area contributed by atoms with Gasteiger partial charge in [0, 0.05) is 17.1 Å². The average Bonchev–Trinajstić information content (AvgIpc) is 3.45. The fraction of sp³-hybridized carbons (Fsp3) is 0.0769. The van der Waals surface area contributed by atoms with E-state index in [-0.39, 0.29) is 28.6 Å². The van der Waals surface area contributed by atoms with Crippen LogP contribution >= 0.6 is 0 Å². The predicted molar refractivity (Wildman–Crippen MR) is 116 cm³/mol. The van der Waals surface area contributed by atoms with Crippen LogP contribution in [-0.4, -0.2) is 10.2 Å². The number of rotatable bonds is 4. The van der Waals surface area contributed by atoms with Gasteiger partial charge in [0.1, 0.15) is 11.5 Å². The Morgan fingerprint density at radius 2 is 1.14 bits per heavy atom. The van der Waals surface area contributed by atoms with E-state index in [4.69, 9.17) is 0 Å². The summed E-state index contributed by atoms with van der Waals surface area (Å²) in [6.45, 7) is 2.13. The van der Waals surface area contributed by atoms with Crippen LogP contribution < -0.4 is 0 Å². The molecule has 0 saturated heterocycles. The minimum absolute atomic E-state index is 0. The zero-order chi connectivity index (χ0) is 19.8. The van der Waals surface area contributed by atoms with Crippen LogP contribution in [0, 0.1) is 0 Å². The molecule has 0 bridgehead atoms. The first kappa shape index (κ1) is 22.3. The molecule has 3 heteroatoms. The first-order chi connectivity index (χ1) is 13.7. The van der Waals surface area contributed by atoms with Gasteiger partial charge in [-0.05, 0) is 24.3 Å². The Balaban J connectivity index is 0.000000437. The smallest absolute Gasteiger partial charge is 0.115 e. The zero-order valence-corrected chi connectivity index (χ0v) is 17.4. The maximum Gasteiger partial charge on any atom is 0.115 e. The molecule has 0 atom stereocenters. The molecule has 0 amide bonds. The van der Waals surface area contributed by atoms with Crippen molar-refractivity contribution in [2.24, 2.45) is 0 Å². The molecule has 2 N–H and O–H groups in total. The second-order valence-corrected chi connectivity index (χ2v) is 6.44. The fourth-order valence-electron chi connectivity index (χ4n) is 3.19. The van der Waals surface area contributed by atoms with E-state index in [1.165, 1.54) is 5.57 Å². The molecule has 0 aliphatic carbocycles. The maximum absolute atomic E-state index is 9.57. The predicted octanol–water partition coefficient (Wildman–Crippen LogP) is 6.59. The van der Waals surface area contributed by atoms with E-state index < -0.39 is 0 Å². The number of hydrogen-bond acceptors (Lipinski definition) is 2. The molecular weight excluding hydrogens is 400 g/mol. The number of phenols is 2. The van der Waals surface area contributed by atoms with Crippen molar-refractivity contribution < 1.29 is 27.3 Å². The van der Waals surface area contributed by atoms with Gasteiger partial charge in [-0.1, -0.05) is 59.9 Å². The van der Waals surface area contributed by atoms with Crippen molar-refractivity contribution >= 4 is 11.1 Å². The summed E-state index contributed by atoms with van der Waals surface area (Å²) in [4.78, 5) is 0. The molecule has 2 nitrogen and oxygen atoms in total. The van der Waals surface area contributed by atoms with Crippen LogP contribution in [0.3, 0.4) is 0 Å². The SMILES string of the molecule is CCC(=C(c1ccc(O)cc1)[c-]1cccc1)c1ccc(O)cc1.[Fe].[cH-]1[cH-][cH-][cH-][cH-]1. The Morgan fingerprint density at radius 1 is 0.724 bits per heavy atom. The van der Waals surface area contributed by atoms with Gasteiger partial charge in [-0.25, -0.2) is 0 Å². The van der Waals surface area contributed by atoms with Gasteiger partial charge in [-0.3, -0.25) is 0 Å². The summed E-state index contributed by atoms with van der Waals surface area (Å²) < 4.78 is 0. The first-order valence-corrected chi connectivity index (χ1v) is 9.39. The third-order valence-electron chi connectivity index (χ3n) is 4.53.